The molecule has 1 saturated carbocycles. The molecule has 1 fully saturated rings. The Kier molecular flexibility index (Phi) is 4.91. The fourth-order valence-corrected chi connectivity index (χ4v) is 2.85. The second-order valence-electron chi connectivity index (χ2n) is 5.08. The van der Waals surface area contributed by atoms with Crippen LogP contribution in [0.4, 0.5) is 14.5 Å². The lowest BCUT2D eigenvalue weighted by molar-refractivity contribution is 0.289. The molecule has 2 rings (SSSR count). The Bertz CT molecular complexity index is 507. The van der Waals surface area contributed by atoms with Gasteiger partial charge in [-0.15, -0.1) is 0 Å². The number of benzene rings is 1. The monoisotopic (exact) mass is 280 g/mol. The van der Waals surface area contributed by atoms with Crippen LogP contribution >= 0.6 is 0 Å². The molecular weight excluding hydrogens is 262 g/mol. The molecule has 0 atom stereocenters. The van der Waals surface area contributed by atoms with E-state index in [0.717, 1.165) is 32.1 Å². The van der Waals surface area contributed by atoms with Gasteiger partial charge < -0.3 is 10.0 Å². The predicted octanol–water partition coefficient (Wildman–Crippen LogP) is 2.97. The summed E-state index contributed by atoms with van der Waals surface area (Å²) in [5.41, 5.74) is -0.152. The number of hydrogen-bond donors (Lipinski definition) is 1. The smallest absolute Gasteiger partial charge is 0.183 e. The van der Waals surface area contributed by atoms with Crippen molar-refractivity contribution in [2.45, 2.75) is 38.1 Å². The maximum Gasteiger partial charge on any atom is 0.183 e. The van der Waals surface area contributed by atoms with Crippen LogP contribution in [0, 0.1) is 23.0 Å². The highest BCUT2D eigenvalue weighted by atomic mass is 19.2. The van der Waals surface area contributed by atoms with Gasteiger partial charge in [-0.3, -0.25) is 0 Å². The van der Waals surface area contributed by atoms with Gasteiger partial charge in [0.15, 0.2) is 11.6 Å². The van der Waals surface area contributed by atoms with Crippen molar-refractivity contribution in [3.05, 3.63) is 29.3 Å². The van der Waals surface area contributed by atoms with Crippen molar-refractivity contribution >= 4 is 5.69 Å². The number of hydrogen-bond acceptors (Lipinski definition) is 3. The molecule has 0 heterocycles. The highest BCUT2D eigenvalue weighted by molar-refractivity contribution is 5.53. The predicted molar refractivity (Wildman–Crippen MR) is 72.4 cm³/mol. The largest absolute Gasteiger partial charge is 0.395 e. The number of rotatable bonds is 4. The summed E-state index contributed by atoms with van der Waals surface area (Å²) in [6.07, 6.45) is 5.12. The molecular formula is C15H18F2N2O. The Morgan fingerprint density at radius 2 is 1.90 bits per heavy atom. The Hall–Kier alpha value is -1.67. The zero-order valence-electron chi connectivity index (χ0n) is 11.3. The second kappa shape index (κ2) is 6.67. The van der Waals surface area contributed by atoms with E-state index in [2.05, 4.69) is 0 Å². The summed E-state index contributed by atoms with van der Waals surface area (Å²) in [5.74, 6) is -2.10. The minimum Gasteiger partial charge on any atom is -0.395 e. The van der Waals surface area contributed by atoms with Crippen molar-refractivity contribution in [1.82, 2.24) is 0 Å². The number of anilines is 1. The average molecular weight is 280 g/mol. The van der Waals surface area contributed by atoms with Crippen molar-refractivity contribution in [2.75, 3.05) is 18.1 Å². The van der Waals surface area contributed by atoms with Gasteiger partial charge in [-0.2, -0.15) is 5.26 Å². The Labute approximate surface area is 117 Å². The first-order chi connectivity index (χ1) is 9.69. The molecule has 108 valence electrons. The van der Waals surface area contributed by atoms with E-state index in [1.165, 1.54) is 12.1 Å². The van der Waals surface area contributed by atoms with Crippen LogP contribution in [-0.4, -0.2) is 24.3 Å². The molecule has 0 spiro atoms. The molecule has 0 unspecified atom stereocenters. The van der Waals surface area contributed by atoms with Gasteiger partial charge in [0.05, 0.1) is 17.9 Å². The van der Waals surface area contributed by atoms with E-state index in [0.29, 0.717) is 0 Å². The first-order valence-electron chi connectivity index (χ1n) is 6.94. The number of nitrogens with zero attached hydrogens (tertiary/aromatic N) is 2. The highest BCUT2D eigenvalue weighted by Crippen LogP contribution is 2.30. The first-order valence-corrected chi connectivity index (χ1v) is 6.94. The highest BCUT2D eigenvalue weighted by Gasteiger charge is 2.25. The van der Waals surface area contributed by atoms with Crippen molar-refractivity contribution in [3.8, 4) is 6.07 Å². The number of halogens is 2. The van der Waals surface area contributed by atoms with E-state index in [1.807, 2.05) is 0 Å². The van der Waals surface area contributed by atoms with E-state index in [9.17, 15) is 13.9 Å². The van der Waals surface area contributed by atoms with Crippen LogP contribution in [0.2, 0.25) is 0 Å². The maximum atomic E-state index is 14.1. The summed E-state index contributed by atoms with van der Waals surface area (Å²) in [4.78, 5) is 1.73. The summed E-state index contributed by atoms with van der Waals surface area (Å²) < 4.78 is 27.9. The molecule has 5 heteroatoms. The Balaban J connectivity index is 2.34. The summed E-state index contributed by atoms with van der Waals surface area (Å²) in [6, 6.07) is 4.48. The van der Waals surface area contributed by atoms with Gasteiger partial charge in [0.25, 0.3) is 0 Å². The molecule has 1 N–H and O–H groups in total. The number of aliphatic hydroxyl groups excluding tert-OH is 1. The normalized spacial score (nSPS) is 15.9. The molecule has 1 aromatic carbocycles. The molecule has 0 aliphatic heterocycles. The lowest BCUT2D eigenvalue weighted by Gasteiger charge is -2.36. The van der Waals surface area contributed by atoms with E-state index < -0.39 is 11.6 Å². The Morgan fingerprint density at radius 3 is 2.50 bits per heavy atom. The summed E-state index contributed by atoms with van der Waals surface area (Å²) in [5, 5.41) is 17.9. The van der Waals surface area contributed by atoms with Crippen LogP contribution in [0.5, 0.6) is 0 Å². The zero-order valence-corrected chi connectivity index (χ0v) is 11.3. The van der Waals surface area contributed by atoms with Gasteiger partial charge in [-0.25, -0.2) is 8.78 Å². The van der Waals surface area contributed by atoms with Crippen LogP contribution in [0.25, 0.3) is 0 Å². The third kappa shape index (κ3) is 2.91. The Morgan fingerprint density at radius 1 is 1.20 bits per heavy atom. The molecule has 0 amide bonds. The summed E-state index contributed by atoms with van der Waals surface area (Å²) in [6.45, 7) is 0.157. The van der Waals surface area contributed by atoms with E-state index in [-0.39, 0.29) is 30.4 Å². The van der Waals surface area contributed by atoms with Crippen molar-refractivity contribution in [1.29, 1.82) is 5.26 Å². The van der Waals surface area contributed by atoms with Gasteiger partial charge in [0.1, 0.15) is 6.07 Å². The van der Waals surface area contributed by atoms with Crippen LogP contribution in [0.3, 0.4) is 0 Å². The third-order valence-corrected chi connectivity index (χ3v) is 3.85. The zero-order chi connectivity index (χ0) is 14.5. The first kappa shape index (κ1) is 14.7. The molecule has 0 bridgehead atoms. The summed E-state index contributed by atoms with van der Waals surface area (Å²) in [7, 11) is 0. The van der Waals surface area contributed by atoms with Gasteiger partial charge in [-0.05, 0) is 25.0 Å². The van der Waals surface area contributed by atoms with E-state index in [4.69, 9.17) is 5.26 Å². The van der Waals surface area contributed by atoms with Gasteiger partial charge >= 0.3 is 0 Å². The van der Waals surface area contributed by atoms with Crippen LogP contribution in [-0.2, 0) is 0 Å². The summed E-state index contributed by atoms with van der Waals surface area (Å²) >= 11 is 0. The molecule has 1 aromatic rings. The van der Waals surface area contributed by atoms with Crippen LogP contribution in [0.1, 0.15) is 37.7 Å². The molecule has 20 heavy (non-hydrogen) atoms. The maximum absolute atomic E-state index is 14.1. The lowest BCUT2D eigenvalue weighted by Crippen LogP contribution is -2.39. The average Bonchev–Trinajstić information content (AvgIpc) is 2.49. The SMILES string of the molecule is N#Cc1ccc(N(CCO)C2CCCCC2)c(F)c1F. The molecule has 0 aromatic heterocycles. The minimum absolute atomic E-state index is 0.114. The lowest BCUT2D eigenvalue weighted by atomic mass is 9.93. The fraction of sp³-hybridized carbons (Fsp3) is 0.533. The minimum atomic E-state index is -1.11. The quantitative estimate of drug-likeness (QED) is 0.922. The third-order valence-electron chi connectivity index (χ3n) is 3.85. The van der Waals surface area contributed by atoms with Gasteiger partial charge in [0.2, 0.25) is 0 Å². The van der Waals surface area contributed by atoms with Crippen molar-refractivity contribution < 1.29 is 13.9 Å². The fourth-order valence-electron chi connectivity index (χ4n) is 2.85. The molecule has 0 radical (unpaired) electrons. The second-order valence-corrected chi connectivity index (χ2v) is 5.08. The molecule has 1 aliphatic rings. The van der Waals surface area contributed by atoms with Crippen molar-refractivity contribution in [2.24, 2.45) is 0 Å². The molecule has 0 saturated heterocycles. The standard InChI is InChI=1S/C15H18F2N2O/c16-14-11(10-18)6-7-13(15(14)17)19(8-9-20)12-4-2-1-3-5-12/h6-7,12,20H,1-5,8-9H2. The van der Waals surface area contributed by atoms with E-state index in [1.54, 1.807) is 11.0 Å². The van der Waals surface area contributed by atoms with Crippen molar-refractivity contribution in [3.63, 3.8) is 0 Å². The number of nitriles is 1. The molecule has 1 aliphatic carbocycles. The van der Waals surface area contributed by atoms with Crippen LogP contribution in [0.15, 0.2) is 12.1 Å². The van der Waals surface area contributed by atoms with Crippen LogP contribution < -0.4 is 4.90 Å². The topological polar surface area (TPSA) is 47.3 Å². The van der Waals surface area contributed by atoms with Gasteiger partial charge in [-0.1, -0.05) is 19.3 Å². The van der Waals surface area contributed by atoms with Gasteiger partial charge in [0, 0.05) is 12.6 Å². The van der Waals surface area contributed by atoms with E-state index >= 15 is 0 Å². The number of aliphatic hydroxyl groups is 1. The molecule has 3 nitrogen and oxygen atoms in total.